The average molecular weight is 395 g/mol. The fourth-order valence-corrected chi connectivity index (χ4v) is 4.85. The van der Waals surface area contributed by atoms with Gasteiger partial charge in [0.1, 0.15) is 5.75 Å². The van der Waals surface area contributed by atoms with Crippen LogP contribution in [-0.2, 0) is 5.54 Å². The van der Waals surface area contributed by atoms with Crippen molar-refractivity contribution in [3.8, 4) is 5.75 Å². The molecule has 2 fully saturated rings. The Kier molecular flexibility index (Phi) is 5.86. The Bertz CT molecular complexity index is 788. The smallest absolute Gasteiger partial charge is 0.171 e. The molecule has 2 aromatic rings. The minimum atomic E-state index is -0.0523. The molecule has 2 aliphatic rings. The van der Waals surface area contributed by atoms with Crippen LogP contribution in [0.1, 0.15) is 62.5 Å². The molecule has 4 heteroatoms. The molecule has 0 atom stereocenters. The van der Waals surface area contributed by atoms with E-state index in [-0.39, 0.29) is 5.54 Å². The lowest BCUT2D eigenvalue weighted by atomic mass is 9.88. The largest absolute Gasteiger partial charge is 0.490 e. The second-order valence-electron chi connectivity index (χ2n) is 8.28. The summed E-state index contributed by atoms with van der Waals surface area (Å²) in [4.78, 5) is 0. The van der Waals surface area contributed by atoms with E-state index >= 15 is 0 Å². The maximum atomic E-state index is 6.05. The lowest BCUT2D eigenvalue weighted by Gasteiger charge is -2.32. The molecule has 2 aromatic carbocycles. The van der Waals surface area contributed by atoms with E-state index in [1.54, 1.807) is 0 Å². The molecule has 0 amide bonds. The maximum absolute atomic E-state index is 6.05. The number of rotatable bonds is 5. The summed E-state index contributed by atoms with van der Waals surface area (Å²) in [6.45, 7) is 2.13. The summed E-state index contributed by atoms with van der Waals surface area (Å²) >= 11 is 5.67. The molecule has 0 heterocycles. The molecule has 28 heavy (non-hydrogen) atoms. The second-order valence-corrected chi connectivity index (χ2v) is 8.69. The van der Waals surface area contributed by atoms with Gasteiger partial charge in [0, 0.05) is 5.69 Å². The molecule has 0 aromatic heterocycles. The third kappa shape index (κ3) is 4.49. The zero-order valence-electron chi connectivity index (χ0n) is 16.7. The summed E-state index contributed by atoms with van der Waals surface area (Å²) in [5.74, 6) is 0.947. The molecular weight excluding hydrogens is 364 g/mol. The SMILES string of the molecule is Cc1ccc(C2(NC(=S)Nc3ccc(OC4CCCC4)cc3)CCCC2)cc1. The van der Waals surface area contributed by atoms with Gasteiger partial charge in [-0.15, -0.1) is 0 Å². The third-order valence-corrected chi connectivity index (χ3v) is 6.34. The summed E-state index contributed by atoms with van der Waals surface area (Å²) in [5.41, 5.74) is 3.56. The molecule has 0 unspecified atom stereocenters. The Balaban J connectivity index is 1.39. The Morgan fingerprint density at radius 3 is 2.21 bits per heavy atom. The summed E-state index contributed by atoms with van der Waals surface area (Å²) in [6, 6.07) is 17.0. The number of thiocarbonyl (C=S) groups is 1. The molecule has 2 saturated carbocycles. The van der Waals surface area contributed by atoms with Gasteiger partial charge in [-0.2, -0.15) is 0 Å². The summed E-state index contributed by atoms with van der Waals surface area (Å²) in [5, 5.41) is 7.69. The van der Waals surface area contributed by atoms with Gasteiger partial charge >= 0.3 is 0 Å². The number of hydrogen-bond acceptors (Lipinski definition) is 2. The van der Waals surface area contributed by atoms with Crippen LogP contribution in [-0.4, -0.2) is 11.2 Å². The van der Waals surface area contributed by atoms with Gasteiger partial charge in [-0.25, -0.2) is 0 Å². The minimum Gasteiger partial charge on any atom is -0.490 e. The van der Waals surface area contributed by atoms with Crippen molar-refractivity contribution >= 4 is 23.0 Å². The van der Waals surface area contributed by atoms with E-state index in [2.05, 4.69) is 41.8 Å². The number of anilines is 1. The van der Waals surface area contributed by atoms with Gasteiger partial charge in [-0.3, -0.25) is 0 Å². The zero-order chi connectivity index (χ0) is 19.4. The summed E-state index contributed by atoms with van der Waals surface area (Å²) < 4.78 is 6.05. The molecule has 0 radical (unpaired) electrons. The number of hydrogen-bond donors (Lipinski definition) is 2. The molecule has 0 aliphatic heterocycles. The van der Waals surface area contributed by atoms with E-state index in [9.17, 15) is 0 Å². The first-order chi connectivity index (χ1) is 13.6. The first-order valence-electron chi connectivity index (χ1n) is 10.6. The van der Waals surface area contributed by atoms with Crippen LogP contribution in [0.4, 0.5) is 5.69 Å². The molecule has 0 saturated heterocycles. The Morgan fingerprint density at radius 2 is 1.57 bits per heavy atom. The Hall–Kier alpha value is -2.07. The lowest BCUT2D eigenvalue weighted by Crippen LogP contribution is -2.45. The molecule has 2 aliphatic carbocycles. The predicted octanol–water partition coefficient (Wildman–Crippen LogP) is 6.07. The van der Waals surface area contributed by atoms with Crippen LogP contribution in [0.3, 0.4) is 0 Å². The molecule has 0 bridgehead atoms. The molecular formula is C24H30N2OS. The first-order valence-corrected chi connectivity index (χ1v) is 11.0. The fraction of sp³-hybridized carbons (Fsp3) is 0.458. The number of ether oxygens (including phenoxy) is 1. The van der Waals surface area contributed by atoms with E-state index < -0.39 is 0 Å². The van der Waals surface area contributed by atoms with E-state index in [1.165, 1.54) is 49.7 Å². The highest BCUT2D eigenvalue weighted by molar-refractivity contribution is 7.80. The quantitative estimate of drug-likeness (QED) is 0.603. The predicted molar refractivity (Wildman–Crippen MR) is 120 cm³/mol. The van der Waals surface area contributed by atoms with Gasteiger partial charge in [0.25, 0.3) is 0 Å². The van der Waals surface area contributed by atoms with Crippen molar-refractivity contribution in [2.45, 2.75) is 69.9 Å². The van der Waals surface area contributed by atoms with Crippen molar-refractivity contribution in [2.24, 2.45) is 0 Å². The summed E-state index contributed by atoms with van der Waals surface area (Å²) in [6.07, 6.45) is 10.0. The van der Waals surface area contributed by atoms with Crippen molar-refractivity contribution in [3.63, 3.8) is 0 Å². The number of nitrogens with one attached hydrogen (secondary N) is 2. The van der Waals surface area contributed by atoms with Crippen LogP contribution in [0, 0.1) is 6.92 Å². The highest BCUT2D eigenvalue weighted by Gasteiger charge is 2.36. The van der Waals surface area contributed by atoms with Crippen LogP contribution >= 0.6 is 12.2 Å². The van der Waals surface area contributed by atoms with Gasteiger partial charge in [-0.1, -0.05) is 42.7 Å². The highest BCUT2D eigenvalue weighted by atomic mass is 32.1. The molecule has 3 nitrogen and oxygen atoms in total. The van der Waals surface area contributed by atoms with Gasteiger partial charge in [0.05, 0.1) is 11.6 Å². The molecule has 4 rings (SSSR count). The Morgan fingerprint density at radius 1 is 0.929 bits per heavy atom. The standard InChI is InChI=1S/C24H30N2OS/c1-18-8-10-19(11-9-18)24(16-4-5-17-24)26-23(28)25-20-12-14-22(15-13-20)27-21-6-2-3-7-21/h8-15,21H,2-7,16-17H2,1H3,(H2,25,26,28). The number of aryl methyl sites for hydroxylation is 1. The lowest BCUT2D eigenvalue weighted by molar-refractivity contribution is 0.210. The third-order valence-electron chi connectivity index (χ3n) is 6.13. The zero-order valence-corrected chi connectivity index (χ0v) is 17.5. The van der Waals surface area contributed by atoms with Crippen molar-refractivity contribution in [1.29, 1.82) is 0 Å². The first kappa shape index (κ1) is 19.3. The topological polar surface area (TPSA) is 33.3 Å². The van der Waals surface area contributed by atoms with Gasteiger partial charge in [0.15, 0.2) is 5.11 Å². The van der Waals surface area contributed by atoms with Crippen molar-refractivity contribution in [2.75, 3.05) is 5.32 Å². The van der Waals surface area contributed by atoms with Crippen LogP contribution in [0.5, 0.6) is 5.75 Å². The van der Waals surface area contributed by atoms with Gasteiger partial charge in [-0.05, 0) is 87.5 Å². The van der Waals surface area contributed by atoms with E-state index in [4.69, 9.17) is 17.0 Å². The van der Waals surface area contributed by atoms with Crippen molar-refractivity contribution in [1.82, 2.24) is 5.32 Å². The van der Waals surface area contributed by atoms with Crippen LogP contribution in [0.25, 0.3) is 0 Å². The van der Waals surface area contributed by atoms with Crippen LogP contribution in [0.15, 0.2) is 48.5 Å². The highest BCUT2D eigenvalue weighted by Crippen LogP contribution is 2.39. The minimum absolute atomic E-state index is 0.0523. The van der Waals surface area contributed by atoms with Gasteiger partial charge in [0.2, 0.25) is 0 Å². The average Bonchev–Trinajstić information content (AvgIpc) is 3.37. The van der Waals surface area contributed by atoms with E-state index in [0.29, 0.717) is 11.2 Å². The van der Waals surface area contributed by atoms with Crippen LogP contribution in [0.2, 0.25) is 0 Å². The van der Waals surface area contributed by atoms with Gasteiger partial charge < -0.3 is 15.4 Å². The molecule has 2 N–H and O–H groups in total. The normalized spacial score (nSPS) is 18.8. The van der Waals surface area contributed by atoms with Crippen molar-refractivity contribution < 1.29 is 4.74 Å². The summed E-state index contributed by atoms with van der Waals surface area (Å²) in [7, 11) is 0. The van der Waals surface area contributed by atoms with Crippen LogP contribution < -0.4 is 15.4 Å². The fourth-order valence-electron chi connectivity index (χ4n) is 4.53. The van der Waals surface area contributed by atoms with E-state index in [0.717, 1.165) is 24.3 Å². The molecule has 148 valence electrons. The Labute approximate surface area is 173 Å². The van der Waals surface area contributed by atoms with Crippen molar-refractivity contribution in [3.05, 3.63) is 59.7 Å². The molecule has 0 spiro atoms. The number of benzene rings is 2. The monoisotopic (exact) mass is 394 g/mol. The maximum Gasteiger partial charge on any atom is 0.171 e. The van der Waals surface area contributed by atoms with E-state index in [1.807, 2.05) is 24.3 Å². The second kappa shape index (κ2) is 8.52.